The zero-order valence-corrected chi connectivity index (χ0v) is 14.9. The summed E-state index contributed by atoms with van der Waals surface area (Å²) < 4.78 is 0. The van der Waals surface area contributed by atoms with Crippen molar-refractivity contribution < 1.29 is 0 Å². The quantitative estimate of drug-likeness (QED) is 0.724. The van der Waals surface area contributed by atoms with Crippen molar-refractivity contribution in [1.82, 2.24) is 10.2 Å². The van der Waals surface area contributed by atoms with Crippen LogP contribution in [0, 0.1) is 0 Å². The van der Waals surface area contributed by atoms with Gasteiger partial charge in [-0.1, -0.05) is 58.4 Å². The molecule has 1 aromatic carbocycles. The summed E-state index contributed by atoms with van der Waals surface area (Å²) in [5.74, 6) is 0. The van der Waals surface area contributed by atoms with E-state index in [9.17, 15) is 0 Å². The largest absolute Gasteiger partial charge is 0.309 e. The molecule has 0 radical (unpaired) electrons. The van der Waals surface area contributed by atoms with Crippen LogP contribution in [0.25, 0.3) is 0 Å². The minimum atomic E-state index is 0.168. The van der Waals surface area contributed by atoms with E-state index >= 15 is 0 Å². The highest BCUT2D eigenvalue weighted by Crippen LogP contribution is 2.36. The third kappa shape index (κ3) is 4.08. The number of nitrogens with zero attached hydrogens (tertiary/aromatic N) is 1. The van der Waals surface area contributed by atoms with Crippen LogP contribution in [0.2, 0.25) is 0 Å². The molecule has 0 amide bonds. The molecule has 1 rings (SSSR count). The Labute approximate surface area is 131 Å². The van der Waals surface area contributed by atoms with Crippen molar-refractivity contribution in [3.8, 4) is 0 Å². The van der Waals surface area contributed by atoms with Gasteiger partial charge in [0.2, 0.25) is 0 Å². The number of benzene rings is 1. The summed E-state index contributed by atoms with van der Waals surface area (Å²) in [6.45, 7) is 10.1. The average Bonchev–Trinajstić information content (AvgIpc) is 2.48. The van der Waals surface area contributed by atoms with Crippen molar-refractivity contribution in [3.05, 3.63) is 35.4 Å². The lowest BCUT2D eigenvalue weighted by molar-refractivity contribution is 0.0888. The van der Waals surface area contributed by atoms with Gasteiger partial charge in [0.05, 0.1) is 6.04 Å². The summed E-state index contributed by atoms with van der Waals surface area (Å²) >= 11 is 0. The van der Waals surface area contributed by atoms with Crippen LogP contribution in [-0.4, -0.2) is 31.1 Å². The van der Waals surface area contributed by atoms with Crippen LogP contribution in [0.3, 0.4) is 0 Å². The minimum absolute atomic E-state index is 0.168. The normalized spacial score (nSPS) is 13.7. The molecule has 0 aliphatic rings. The van der Waals surface area contributed by atoms with E-state index in [1.807, 2.05) is 0 Å². The lowest BCUT2D eigenvalue weighted by Crippen LogP contribution is -2.53. The smallest absolute Gasteiger partial charge is 0.0506 e. The Hall–Kier alpha value is -0.860. The van der Waals surface area contributed by atoms with E-state index in [0.29, 0.717) is 6.04 Å². The lowest BCUT2D eigenvalue weighted by Gasteiger charge is -2.46. The van der Waals surface area contributed by atoms with Crippen molar-refractivity contribution >= 4 is 0 Å². The highest BCUT2D eigenvalue weighted by molar-refractivity contribution is 5.29. The fourth-order valence-electron chi connectivity index (χ4n) is 3.59. The van der Waals surface area contributed by atoms with Gasteiger partial charge in [-0.05, 0) is 51.0 Å². The standard InChI is InChI=1S/C19H34N2/c1-7-12-16-13-11-14-17(15-16)18(20-10-4)19(8-2,9-3)21(5)6/h11,13-15,18,20H,7-10,12H2,1-6H3. The second kappa shape index (κ2) is 8.55. The van der Waals surface area contributed by atoms with Gasteiger partial charge in [0.25, 0.3) is 0 Å². The van der Waals surface area contributed by atoms with Crippen LogP contribution in [0.15, 0.2) is 24.3 Å². The molecule has 1 atom stereocenters. The summed E-state index contributed by atoms with van der Waals surface area (Å²) in [4.78, 5) is 2.41. The summed E-state index contributed by atoms with van der Waals surface area (Å²) in [5, 5.41) is 3.75. The Morgan fingerprint density at radius 1 is 1.10 bits per heavy atom. The molecule has 0 saturated carbocycles. The monoisotopic (exact) mass is 290 g/mol. The van der Waals surface area contributed by atoms with Crippen LogP contribution in [0.5, 0.6) is 0 Å². The van der Waals surface area contributed by atoms with Gasteiger partial charge in [-0.2, -0.15) is 0 Å². The molecular weight excluding hydrogens is 256 g/mol. The molecule has 1 aromatic rings. The van der Waals surface area contributed by atoms with E-state index in [1.54, 1.807) is 0 Å². The molecule has 2 heteroatoms. The van der Waals surface area contributed by atoms with Crippen LogP contribution in [-0.2, 0) is 6.42 Å². The Kier molecular flexibility index (Phi) is 7.41. The number of likely N-dealkylation sites (N-methyl/N-ethyl adjacent to an activating group) is 2. The first-order valence-corrected chi connectivity index (χ1v) is 8.55. The SMILES string of the molecule is CCCc1cccc(C(NCC)C(CC)(CC)N(C)C)c1. The fourth-order valence-corrected chi connectivity index (χ4v) is 3.59. The van der Waals surface area contributed by atoms with E-state index in [2.05, 4.69) is 76.3 Å². The minimum Gasteiger partial charge on any atom is -0.309 e. The van der Waals surface area contributed by atoms with Crippen molar-refractivity contribution in [2.24, 2.45) is 0 Å². The number of hydrogen-bond donors (Lipinski definition) is 1. The predicted molar refractivity (Wildman–Crippen MR) is 93.9 cm³/mol. The van der Waals surface area contributed by atoms with Crippen LogP contribution in [0.1, 0.15) is 64.1 Å². The van der Waals surface area contributed by atoms with Gasteiger partial charge < -0.3 is 10.2 Å². The van der Waals surface area contributed by atoms with Crippen molar-refractivity contribution in [2.45, 2.75) is 65.0 Å². The molecular formula is C19H34N2. The van der Waals surface area contributed by atoms with Crippen molar-refractivity contribution in [3.63, 3.8) is 0 Å². The molecule has 2 nitrogen and oxygen atoms in total. The van der Waals surface area contributed by atoms with E-state index < -0.39 is 0 Å². The summed E-state index contributed by atoms with van der Waals surface area (Å²) in [6.07, 6.45) is 4.66. The summed E-state index contributed by atoms with van der Waals surface area (Å²) in [6, 6.07) is 9.54. The third-order valence-corrected chi connectivity index (χ3v) is 4.88. The zero-order valence-electron chi connectivity index (χ0n) is 14.9. The number of aryl methyl sites for hydroxylation is 1. The molecule has 21 heavy (non-hydrogen) atoms. The van der Waals surface area contributed by atoms with Gasteiger partial charge in [-0.25, -0.2) is 0 Å². The highest BCUT2D eigenvalue weighted by Gasteiger charge is 2.38. The number of rotatable bonds is 9. The van der Waals surface area contributed by atoms with Gasteiger partial charge in [-0.15, -0.1) is 0 Å². The highest BCUT2D eigenvalue weighted by atomic mass is 15.2. The summed E-state index contributed by atoms with van der Waals surface area (Å²) in [7, 11) is 4.43. The molecule has 0 aliphatic heterocycles. The maximum absolute atomic E-state index is 3.75. The molecule has 1 N–H and O–H groups in total. The molecule has 0 aromatic heterocycles. The molecule has 1 unspecified atom stereocenters. The Morgan fingerprint density at radius 2 is 1.76 bits per heavy atom. The first kappa shape index (κ1) is 18.2. The van der Waals surface area contributed by atoms with Gasteiger partial charge in [0, 0.05) is 5.54 Å². The fraction of sp³-hybridized carbons (Fsp3) is 0.684. The van der Waals surface area contributed by atoms with Crippen LogP contribution >= 0.6 is 0 Å². The second-order valence-corrected chi connectivity index (χ2v) is 6.19. The number of nitrogens with one attached hydrogen (secondary N) is 1. The van der Waals surface area contributed by atoms with Crippen molar-refractivity contribution in [1.29, 1.82) is 0 Å². The molecule has 0 fully saturated rings. The number of hydrogen-bond acceptors (Lipinski definition) is 2. The van der Waals surface area contributed by atoms with Gasteiger partial charge in [-0.3, -0.25) is 0 Å². The molecule has 0 bridgehead atoms. The molecule has 0 aliphatic carbocycles. The molecule has 120 valence electrons. The molecule has 0 heterocycles. The third-order valence-electron chi connectivity index (χ3n) is 4.88. The Morgan fingerprint density at radius 3 is 2.24 bits per heavy atom. The van der Waals surface area contributed by atoms with E-state index in [-0.39, 0.29) is 5.54 Å². The van der Waals surface area contributed by atoms with Gasteiger partial charge >= 0.3 is 0 Å². The molecule has 0 spiro atoms. The Balaban J connectivity index is 3.23. The first-order chi connectivity index (χ1) is 10.1. The maximum atomic E-state index is 3.75. The predicted octanol–water partition coefficient (Wildman–Crippen LogP) is 4.41. The Bertz CT molecular complexity index is 408. The van der Waals surface area contributed by atoms with E-state index in [1.165, 1.54) is 24.0 Å². The zero-order chi connectivity index (χ0) is 15.9. The van der Waals surface area contributed by atoms with E-state index in [0.717, 1.165) is 19.4 Å². The second-order valence-electron chi connectivity index (χ2n) is 6.19. The van der Waals surface area contributed by atoms with Crippen LogP contribution in [0.4, 0.5) is 0 Å². The van der Waals surface area contributed by atoms with Gasteiger partial charge in [0.1, 0.15) is 0 Å². The van der Waals surface area contributed by atoms with Crippen LogP contribution < -0.4 is 5.32 Å². The summed E-state index contributed by atoms with van der Waals surface area (Å²) in [5.41, 5.74) is 3.05. The average molecular weight is 290 g/mol. The maximum Gasteiger partial charge on any atom is 0.0506 e. The lowest BCUT2D eigenvalue weighted by atomic mass is 9.79. The molecule has 0 saturated heterocycles. The topological polar surface area (TPSA) is 15.3 Å². The van der Waals surface area contributed by atoms with Gasteiger partial charge in [0.15, 0.2) is 0 Å². The van der Waals surface area contributed by atoms with Crippen molar-refractivity contribution in [2.75, 3.05) is 20.6 Å². The van der Waals surface area contributed by atoms with E-state index in [4.69, 9.17) is 0 Å². The first-order valence-electron chi connectivity index (χ1n) is 8.55.